The van der Waals surface area contributed by atoms with Gasteiger partial charge in [0.2, 0.25) is 5.91 Å². The van der Waals surface area contributed by atoms with Crippen LogP contribution in [0, 0.1) is 0 Å². The van der Waals surface area contributed by atoms with Gasteiger partial charge in [0.15, 0.2) is 0 Å². The number of carbonyl (C=O) groups is 1. The number of anilines is 1. The summed E-state index contributed by atoms with van der Waals surface area (Å²) < 4.78 is 37.6. The van der Waals surface area contributed by atoms with Crippen molar-refractivity contribution in [3.63, 3.8) is 0 Å². The van der Waals surface area contributed by atoms with Gasteiger partial charge in [0, 0.05) is 12.6 Å². The lowest BCUT2D eigenvalue weighted by atomic mass is 9.99. The smallest absolute Gasteiger partial charge is 0.326 e. The van der Waals surface area contributed by atoms with Gasteiger partial charge in [-0.25, -0.2) is 0 Å². The predicted octanol–water partition coefficient (Wildman–Crippen LogP) is 3.79. The second-order valence-electron chi connectivity index (χ2n) is 4.14. The molecule has 94 valence electrons. The van der Waals surface area contributed by atoms with Crippen molar-refractivity contribution in [3.8, 4) is 0 Å². The van der Waals surface area contributed by atoms with Gasteiger partial charge in [-0.2, -0.15) is 13.2 Å². The van der Waals surface area contributed by atoms with Crippen LogP contribution in [0.5, 0.6) is 0 Å². The first-order valence-corrected chi connectivity index (χ1v) is 5.20. The highest BCUT2D eigenvalue weighted by atomic mass is 19.4. The number of carbonyl (C=O) groups excluding carboxylic acids is 1. The van der Waals surface area contributed by atoms with Crippen LogP contribution in [0.4, 0.5) is 18.9 Å². The van der Waals surface area contributed by atoms with Crippen LogP contribution in [0.1, 0.15) is 37.8 Å². The Kier molecular flexibility index (Phi) is 3.80. The van der Waals surface area contributed by atoms with Crippen molar-refractivity contribution in [1.29, 1.82) is 0 Å². The van der Waals surface area contributed by atoms with E-state index in [9.17, 15) is 18.0 Å². The zero-order valence-electron chi connectivity index (χ0n) is 9.85. The zero-order valence-corrected chi connectivity index (χ0v) is 9.85. The van der Waals surface area contributed by atoms with Gasteiger partial charge in [-0.1, -0.05) is 19.9 Å². The summed E-state index contributed by atoms with van der Waals surface area (Å²) >= 11 is 0. The summed E-state index contributed by atoms with van der Waals surface area (Å²) in [5.41, 5.74) is 0.154. The highest BCUT2D eigenvalue weighted by Gasteiger charge is 2.31. The lowest BCUT2D eigenvalue weighted by molar-refractivity contribution is -0.137. The average Bonchev–Trinajstić information content (AvgIpc) is 2.14. The SMILES string of the molecule is CC(=O)Nc1cc(C(F)(F)F)ccc1C(C)C. The molecule has 5 heteroatoms. The minimum Gasteiger partial charge on any atom is -0.326 e. The van der Waals surface area contributed by atoms with Gasteiger partial charge in [-0.3, -0.25) is 4.79 Å². The minimum absolute atomic E-state index is 0.0409. The van der Waals surface area contributed by atoms with Gasteiger partial charge >= 0.3 is 6.18 Å². The average molecular weight is 245 g/mol. The normalized spacial score (nSPS) is 11.7. The van der Waals surface area contributed by atoms with Crippen molar-refractivity contribution in [2.45, 2.75) is 32.9 Å². The van der Waals surface area contributed by atoms with Crippen LogP contribution >= 0.6 is 0 Å². The van der Waals surface area contributed by atoms with Crippen LogP contribution in [0.15, 0.2) is 18.2 Å². The molecule has 0 saturated heterocycles. The second-order valence-corrected chi connectivity index (χ2v) is 4.14. The number of alkyl halides is 3. The number of amides is 1. The van der Waals surface area contributed by atoms with E-state index in [0.29, 0.717) is 5.56 Å². The standard InChI is InChI=1S/C12H14F3NO/c1-7(2)10-5-4-9(12(13,14)15)6-11(10)16-8(3)17/h4-7H,1-3H3,(H,16,17). The second kappa shape index (κ2) is 4.77. The molecule has 1 aromatic carbocycles. The van der Waals surface area contributed by atoms with E-state index in [1.165, 1.54) is 13.0 Å². The Hall–Kier alpha value is -1.52. The summed E-state index contributed by atoms with van der Waals surface area (Å²) in [6.45, 7) is 4.98. The fourth-order valence-corrected chi connectivity index (χ4v) is 1.53. The fraction of sp³-hybridized carbons (Fsp3) is 0.417. The van der Waals surface area contributed by atoms with Crippen molar-refractivity contribution in [2.75, 3.05) is 5.32 Å². The highest BCUT2D eigenvalue weighted by molar-refractivity contribution is 5.89. The van der Waals surface area contributed by atoms with Gasteiger partial charge in [0.1, 0.15) is 0 Å². The lowest BCUT2D eigenvalue weighted by Gasteiger charge is -2.16. The molecule has 0 saturated carbocycles. The molecule has 0 spiro atoms. The first kappa shape index (κ1) is 13.5. The Labute approximate surface area is 97.8 Å². The van der Waals surface area contributed by atoms with Gasteiger partial charge in [0.05, 0.1) is 5.56 Å². The van der Waals surface area contributed by atoms with Crippen molar-refractivity contribution < 1.29 is 18.0 Å². The maximum Gasteiger partial charge on any atom is 0.416 e. The van der Waals surface area contributed by atoms with Crippen LogP contribution in [0.2, 0.25) is 0 Å². The predicted molar refractivity (Wildman–Crippen MR) is 59.8 cm³/mol. The van der Waals surface area contributed by atoms with Crippen molar-refractivity contribution >= 4 is 11.6 Å². The van der Waals surface area contributed by atoms with Crippen LogP contribution in [0.25, 0.3) is 0 Å². The largest absolute Gasteiger partial charge is 0.416 e. The molecule has 0 bridgehead atoms. The van der Waals surface area contributed by atoms with Gasteiger partial charge < -0.3 is 5.32 Å². The van der Waals surface area contributed by atoms with E-state index in [1.807, 2.05) is 13.8 Å². The van der Waals surface area contributed by atoms with E-state index in [2.05, 4.69) is 5.32 Å². The Morgan fingerprint density at radius 3 is 2.29 bits per heavy atom. The molecule has 0 heterocycles. The summed E-state index contributed by atoms with van der Waals surface area (Å²) in [7, 11) is 0. The molecule has 0 aliphatic heterocycles. The third-order valence-electron chi connectivity index (χ3n) is 2.31. The number of nitrogens with one attached hydrogen (secondary N) is 1. The molecular formula is C12H14F3NO. The number of hydrogen-bond donors (Lipinski definition) is 1. The quantitative estimate of drug-likeness (QED) is 0.843. The van der Waals surface area contributed by atoms with E-state index >= 15 is 0 Å². The maximum absolute atomic E-state index is 12.5. The summed E-state index contributed by atoms with van der Waals surface area (Å²) in [6, 6.07) is 3.40. The topological polar surface area (TPSA) is 29.1 Å². The van der Waals surface area contributed by atoms with Crippen LogP contribution < -0.4 is 5.32 Å². The van der Waals surface area contributed by atoms with Crippen LogP contribution in [-0.2, 0) is 11.0 Å². The number of benzene rings is 1. The Morgan fingerprint density at radius 1 is 1.29 bits per heavy atom. The Bertz CT molecular complexity index is 424. The molecule has 0 aliphatic carbocycles. The molecule has 1 N–H and O–H groups in total. The molecule has 0 unspecified atom stereocenters. The van der Waals surface area contributed by atoms with E-state index in [1.54, 1.807) is 0 Å². The van der Waals surface area contributed by atoms with Crippen molar-refractivity contribution in [1.82, 2.24) is 0 Å². The molecule has 1 rings (SSSR count). The molecule has 1 aromatic rings. The first-order valence-electron chi connectivity index (χ1n) is 5.20. The minimum atomic E-state index is -4.40. The van der Waals surface area contributed by atoms with E-state index in [4.69, 9.17) is 0 Å². The number of rotatable bonds is 2. The molecule has 0 fully saturated rings. The van der Waals surface area contributed by atoms with E-state index in [-0.39, 0.29) is 17.5 Å². The Balaban J connectivity index is 3.24. The molecule has 0 atom stereocenters. The van der Waals surface area contributed by atoms with Gasteiger partial charge in [-0.15, -0.1) is 0 Å². The molecule has 2 nitrogen and oxygen atoms in total. The highest BCUT2D eigenvalue weighted by Crippen LogP contribution is 2.34. The van der Waals surface area contributed by atoms with Gasteiger partial charge in [0.25, 0.3) is 0 Å². The van der Waals surface area contributed by atoms with Crippen molar-refractivity contribution in [3.05, 3.63) is 29.3 Å². The van der Waals surface area contributed by atoms with Crippen molar-refractivity contribution in [2.24, 2.45) is 0 Å². The van der Waals surface area contributed by atoms with E-state index < -0.39 is 11.7 Å². The molecule has 0 aromatic heterocycles. The monoisotopic (exact) mass is 245 g/mol. The van der Waals surface area contributed by atoms with Crippen LogP contribution in [-0.4, -0.2) is 5.91 Å². The van der Waals surface area contributed by atoms with Gasteiger partial charge in [-0.05, 0) is 23.6 Å². The molecular weight excluding hydrogens is 231 g/mol. The third-order valence-corrected chi connectivity index (χ3v) is 2.31. The number of hydrogen-bond acceptors (Lipinski definition) is 1. The Morgan fingerprint density at radius 2 is 1.88 bits per heavy atom. The third kappa shape index (κ3) is 3.47. The first-order chi connectivity index (χ1) is 7.71. The molecule has 0 radical (unpaired) electrons. The summed E-state index contributed by atoms with van der Waals surface area (Å²) in [5.74, 6) is -0.342. The molecule has 1 amide bonds. The van der Waals surface area contributed by atoms with E-state index in [0.717, 1.165) is 12.1 Å². The lowest BCUT2D eigenvalue weighted by Crippen LogP contribution is -2.12. The zero-order chi connectivity index (χ0) is 13.2. The fourth-order valence-electron chi connectivity index (χ4n) is 1.53. The van der Waals surface area contributed by atoms with Crippen LogP contribution in [0.3, 0.4) is 0 Å². The summed E-state index contributed by atoms with van der Waals surface area (Å²) in [5, 5.41) is 2.43. The number of halogens is 3. The summed E-state index contributed by atoms with van der Waals surface area (Å²) in [6.07, 6.45) is -4.40. The molecule has 17 heavy (non-hydrogen) atoms. The summed E-state index contributed by atoms with van der Waals surface area (Å²) in [4.78, 5) is 11.0. The maximum atomic E-state index is 12.5. The molecule has 0 aliphatic rings.